The van der Waals surface area contributed by atoms with Crippen LogP contribution in [0.15, 0.2) is 79.7 Å². The highest BCUT2D eigenvalue weighted by molar-refractivity contribution is 5.67. The molecule has 180 valence electrons. The second kappa shape index (κ2) is 12.2. The van der Waals surface area contributed by atoms with E-state index in [0.717, 1.165) is 54.3 Å². The first-order chi connectivity index (χ1) is 16.4. The first-order valence-electron chi connectivity index (χ1n) is 12.1. The van der Waals surface area contributed by atoms with Crippen LogP contribution in [0.25, 0.3) is 16.9 Å². The van der Waals surface area contributed by atoms with Gasteiger partial charge >= 0.3 is 0 Å². The molecule has 4 nitrogen and oxygen atoms in total. The molecule has 0 saturated carbocycles. The molecule has 0 aliphatic carbocycles. The Morgan fingerprint density at radius 2 is 1.97 bits per heavy atom. The van der Waals surface area contributed by atoms with Crippen molar-refractivity contribution in [3.8, 4) is 16.9 Å². The van der Waals surface area contributed by atoms with Gasteiger partial charge in [-0.05, 0) is 75.1 Å². The lowest BCUT2D eigenvalue weighted by Gasteiger charge is -2.18. The van der Waals surface area contributed by atoms with E-state index in [1.807, 2.05) is 10.7 Å². The first kappa shape index (κ1) is 25.3. The number of nitrogens with zero attached hydrogens (tertiary/aromatic N) is 2. The van der Waals surface area contributed by atoms with Gasteiger partial charge in [0.1, 0.15) is 0 Å². The fourth-order valence-corrected chi connectivity index (χ4v) is 4.08. The highest BCUT2D eigenvalue weighted by atomic mass is 19.1. The Balaban J connectivity index is 1.93. The van der Waals surface area contributed by atoms with E-state index in [1.165, 1.54) is 11.1 Å². The number of nitrogens with one attached hydrogen (secondary N) is 2. The Kier molecular flexibility index (Phi) is 9.08. The smallest absolute Gasteiger partial charge is 0.153 e. The van der Waals surface area contributed by atoms with Crippen molar-refractivity contribution in [2.75, 3.05) is 11.9 Å². The maximum absolute atomic E-state index is 13.2. The van der Waals surface area contributed by atoms with Crippen LogP contribution in [0.1, 0.15) is 44.2 Å². The van der Waals surface area contributed by atoms with E-state index < -0.39 is 6.17 Å². The molecule has 0 aliphatic rings. The lowest BCUT2D eigenvalue weighted by molar-refractivity contribution is 0.334. The summed E-state index contributed by atoms with van der Waals surface area (Å²) in [6.45, 7) is 14.6. The molecule has 5 heteroatoms. The summed E-state index contributed by atoms with van der Waals surface area (Å²) in [5.74, 6) is 1.02. The van der Waals surface area contributed by atoms with E-state index in [2.05, 4.69) is 86.2 Å². The number of hydrogen-bond acceptors (Lipinski definition) is 3. The third-order valence-electron chi connectivity index (χ3n) is 6.03. The van der Waals surface area contributed by atoms with E-state index in [1.54, 1.807) is 13.1 Å². The van der Waals surface area contributed by atoms with Crippen LogP contribution >= 0.6 is 0 Å². The summed E-state index contributed by atoms with van der Waals surface area (Å²) in [5, 5.41) is 11.5. The molecule has 0 spiro atoms. The zero-order valence-corrected chi connectivity index (χ0v) is 20.7. The second-order valence-corrected chi connectivity index (χ2v) is 8.91. The fourth-order valence-electron chi connectivity index (χ4n) is 4.08. The monoisotopic (exact) mass is 460 g/mol. The van der Waals surface area contributed by atoms with Crippen molar-refractivity contribution in [2.45, 2.75) is 52.6 Å². The topological polar surface area (TPSA) is 41.9 Å². The van der Waals surface area contributed by atoms with Gasteiger partial charge in [0.2, 0.25) is 0 Å². The summed E-state index contributed by atoms with van der Waals surface area (Å²) >= 11 is 0. The Hall–Kier alpha value is -3.34. The standard InChI is InChI=1S/C29H37FN4/c1-6-25(20-31-7-2)23(5)32-29-19-28(34(33-29)27-16-8-11-21(3)17-27)26-15-10-14-24(18-26)13-9-12-22(4)30/h7-8,10-11,14-19,22,25,31H,2,5-6,9,12-13,20H2,1,3-4H3,(H,32,33). The second-order valence-electron chi connectivity index (χ2n) is 8.91. The first-order valence-corrected chi connectivity index (χ1v) is 12.1. The van der Waals surface area contributed by atoms with Crippen molar-refractivity contribution >= 4 is 5.82 Å². The molecular weight excluding hydrogens is 423 g/mol. The average Bonchev–Trinajstić information content (AvgIpc) is 3.23. The summed E-state index contributed by atoms with van der Waals surface area (Å²) < 4.78 is 15.2. The van der Waals surface area contributed by atoms with Crippen LogP contribution in [-0.4, -0.2) is 22.5 Å². The van der Waals surface area contributed by atoms with Gasteiger partial charge < -0.3 is 10.6 Å². The molecule has 0 saturated heterocycles. The van der Waals surface area contributed by atoms with Crippen LogP contribution < -0.4 is 10.6 Å². The highest BCUT2D eigenvalue weighted by Gasteiger charge is 2.16. The summed E-state index contributed by atoms with van der Waals surface area (Å²) in [6, 6.07) is 18.9. The molecule has 2 atom stereocenters. The summed E-state index contributed by atoms with van der Waals surface area (Å²) in [5.41, 5.74) is 6.39. The molecule has 2 aromatic carbocycles. The number of rotatable bonds is 13. The largest absolute Gasteiger partial charge is 0.391 e. The lowest BCUT2D eigenvalue weighted by atomic mass is 10.0. The molecule has 34 heavy (non-hydrogen) atoms. The van der Waals surface area contributed by atoms with Gasteiger partial charge in [0.25, 0.3) is 0 Å². The predicted molar refractivity (Wildman–Crippen MR) is 142 cm³/mol. The van der Waals surface area contributed by atoms with Crippen LogP contribution in [0.2, 0.25) is 0 Å². The molecule has 0 aliphatic heterocycles. The summed E-state index contributed by atoms with van der Waals surface area (Å²) in [7, 11) is 0. The van der Waals surface area contributed by atoms with Gasteiger partial charge in [0.05, 0.1) is 17.6 Å². The highest BCUT2D eigenvalue weighted by Crippen LogP contribution is 2.29. The van der Waals surface area contributed by atoms with Crippen LogP contribution in [0.4, 0.5) is 10.2 Å². The molecule has 0 amide bonds. The quantitative estimate of drug-likeness (QED) is 0.283. The van der Waals surface area contributed by atoms with E-state index in [-0.39, 0.29) is 5.92 Å². The van der Waals surface area contributed by atoms with Gasteiger partial charge in [-0.1, -0.05) is 50.4 Å². The minimum atomic E-state index is -0.763. The Morgan fingerprint density at radius 3 is 2.68 bits per heavy atom. The SMILES string of the molecule is C=CNCC(CC)C(=C)Nc1cc(-c2cccc(CCCC(C)F)c2)n(-c2cccc(C)c2)n1. The Labute approximate surface area is 203 Å². The molecule has 0 radical (unpaired) electrons. The third kappa shape index (κ3) is 6.83. The van der Waals surface area contributed by atoms with Crippen molar-refractivity contribution < 1.29 is 4.39 Å². The third-order valence-corrected chi connectivity index (χ3v) is 6.03. The molecule has 0 bridgehead atoms. The molecule has 0 fully saturated rings. The van der Waals surface area contributed by atoms with Crippen molar-refractivity contribution in [1.82, 2.24) is 15.1 Å². The van der Waals surface area contributed by atoms with Crippen LogP contribution in [0, 0.1) is 12.8 Å². The fraction of sp³-hybridized carbons (Fsp3) is 0.345. The van der Waals surface area contributed by atoms with Crippen LogP contribution in [0.3, 0.4) is 0 Å². The van der Waals surface area contributed by atoms with Crippen LogP contribution in [-0.2, 0) is 6.42 Å². The van der Waals surface area contributed by atoms with Crippen molar-refractivity contribution in [3.05, 3.63) is 90.8 Å². The molecule has 2 unspecified atom stereocenters. The zero-order chi connectivity index (χ0) is 24.5. The van der Waals surface area contributed by atoms with Gasteiger partial charge in [-0.2, -0.15) is 0 Å². The normalized spacial score (nSPS) is 12.7. The van der Waals surface area contributed by atoms with E-state index in [4.69, 9.17) is 5.10 Å². The van der Waals surface area contributed by atoms with Gasteiger partial charge in [-0.25, -0.2) is 9.07 Å². The number of aromatic nitrogens is 2. The predicted octanol–water partition coefficient (Wildman–Crippen LogP) is 7.21. The van der Waals surface area contributed by atoms with Gasteiger partial charge in [-0.15, -0.1) is 5.10 Å². The van der Waals surface area contributed by atoms with Gasteiger partial charge in [-0.3, -0.25) is 0 Å². The minimum Gasteiger partial charge on any atom is -0.391 e. The average molecular weight is 461 g/mol. The van der Waals surface area contributed by atoms with Gasteiger partial charge in [0.15, 0.2) is 5.82 Å². The zero-order valence-electron chi connectivity index (χ0n) is 20.7. The number of anilines is 1. The summed E-state index contributed by atoms with van der Waals surface area (Å²) in [6.07, 6.45) is 4.18. The number of benzene rings is 2. The minimum absolute atomic E-state index is 0.256. The molecular formula is C29H37FN4. The van der Waals surface area contributed by atoms with Crippen molar-refractivity contribution in [3.63, 3.8) is 0 Å². The number of halogens is 1. The van der Waals surface area contributed by atoms with E-state index in [0.29, 0.717) is 6.42 Å². The Morgan fingerprint density at radius 1 is 1.18 bits per heavy atom. The van der Waals surface area contributed by atoms with E-state index >= 15 is 0 Å². The number of hydrogen-bond donors (Lipinski definition) is 2. The molecule has 1 aromatic heterocycles. The van der Waals surface area contributed by atoms with Gasteiger partial charge in [0, 0.05) is 29.8 Å². The summed E-state index contributed by atoms with van der Waals surface area (Å²) in [4.78, 5) is 0. The Bertz CT molecular complexity index is 1100. The van der Waals surface area contributed by atoms with Crippen molar-refractivity contribution in [1.29, 1.82) is 0 Å². The maximum Gasteiger partial charge on any atom is 0.153 e. The number of alkyl halides is 1. The maximum atomic E-state index is 13.2. The molecule has 2 N–H and O–H groups in total. The molecule has 1 heterocycles. The van der Waals surface area contributed by atoms with Crippen LogP contribution in [0.5, 0.6) is 0 Å². The van der Waals surface area contributed by atoms with E-state index in [9.17, 15) is 4.39 Å². The molecule has 3 aromatic rings. The van der Waals surface area contributed by atoms with Crippen molar-refractivity contribution in [2.24, 2.45) is 5.92 Å². The molecule has 3 rings (SSSR count). The number of aryl methyl sites for hydroxylation is 2. The lowest BCUT2D eigenvalue weighted by Crippen LogP contribution is -2.22.